The Kier molecular flexibility index (Phi) is 6.21. The van der Waals surface area contributed by atoms with Crippen molar-refractivity contribution in [1.29, 1.82) is 0 Å². The van der Waals surface area contributed by atoms with Crippen LogP contribution in [-0.2, 0) is 11.4 Å². The largest absolute Gasteiger partial charge is 0.497 e. The molecular weight excluding hydrogens is 424 g/mol. The molecule has 1 aliphatic rings. The summed E-state index contributed by atoms with van der Waals surface area (Å²) in [5.74, 6) is 1.16. The molecule has 0 spiro atoms. The second-order valence-electron chi connectivity index (χ2n) is 6.72. The SMILES string of the molecule is COc1ccc(-c2ccc(/C=N/n3cnn(CN4CCOCC4)c3=S)o2)c([N+](=O)[O-])c1. The van der Waals surface area contributed by atoms with E-state index in [1.54, 1.807) is 28.9 Å². The van der Waals surface area contributed by atoms with Gasteiger partial charge in [0.1, 0.15) is 23.6 Å². The Balaban J connectivity index is 1.51. The second-order valence-corrected chi connectivity index (χ2v) is 7.08. The maximum absolute atomic E-state index is 11.4. The number of aromatic nitrogens is 3. The molecule has 12 heteroatoms. The molecule has 31 heavy (non-hydrogen) atoms. The van der Waals surface area contributed by atoms with Gasteiger partial charge in [0.25, 0.3) is 5.69 Å². The number of morpholine rings is 1. The van der Waals surface area contributed by atoms with Gasteiger partial charge < -0.3 is 13.9 Å². The number of nitro benzene ring substituents is 1. The standard InChI is InChI=1S/C19H20N6O5S/c1-28-14-2-4-16(17(10-14)25(26)27)18-5-3-15(30-18)11-20-23-12-21-24(19(23)31)13-22-6-8-29-9-7-22/h2-5,10-12H,6-9,13H2,1H3/b20-11+. The number of nitro groups is 1. The highest BCUT2D eigenvalue weighted by molar-refractivity contribution is 7.71. The Morgan fingerprint density at radius 2 is 2.13 bits per heavy atom. The number of hydrogen-bond donors (Lipinski definition) is 0. The second kappa shape index (κ2) is 9.20. The van der Waals surface area contributed by atoms with Crippen molar-refractivity contribution < 1.29 is 18.8 Å². The number of furan rings is 1. The van der Waals surface area contributed by atoms with Crippen LogP contribution < -0.4 is 4.74 Å². The van der Waals surface area contributed by atoms with Crippen LogP contribution in [0.5, 0.6) is 5.75 Å². The number of ether oxygens (including phenoxy) is 2. The number of benzene rings is 1. The average molecular weight is 444 g/mol. The molecule has 1 fully saturated rings. The summed E-state index contributed by atoms with van der Waals surface area (Å²) >= 11 is 5.43. The molecule has 1 aromatic carbocycles. The smallest absolute Gasteiger partial charge is 0.284 e. The predicted octanol–water partition coefficient (Wildman–Crippen LogP) is 2.76. The van der Waals surface area contributed by atoms with Crippen LogP contribution >= 0.6 is 12.2 Å². The van der Waals surface area contributed by atoms with Gasteiger partial charge in [-0.1, -0.05) is 0 Å². The molecule has 1 saturated heterocycles. The lowest BCUT2D eigenvalue weighted by molar-refractivity contribution is -0.384. The van der Waals surface area contributed by atoms with E-state index in [4.69, 9.17) is 26.1 Å². The summed E-state index contributed by atoms with van der Waals surface area (Å²) in [6.45, 7) is 3.60. The summed E-state index contributed by atoms with van der Waals surface area (Å²) in [6.07, 6.45) is 3.01. The van der Waals surface area contributed by atoms with Gasteiger partial charge in [-0.2, -0.15) is 14.9 Å². The topological polar surface area (TPSA) is 113 Å². The van der Waals surface area contributed by atoms with Gasteiger partial charge in [0.15, 0.2) is 0 Å². The van der Waals surface area contributed by atoms with Crippen molar-refractivity contribution in [1.82, 2.24) is 19.4 Å². The van der Waals surface area contributed by atoms with Crippen LogP contribution in [0.3, 0.4) is 0 Å². The molecule has 0 bridgehead atoms. The first-order valence-corrected chi connectivity index (χ1v) is 9.87. The van der Waals surface area contributed by atoms with Crippen molar-refractivity contribution in [3.63, 3.8) is 0 Å². The third kappa shape index (κ3) is 4.71. The zero-order valence-corrected chi connectivity index (χ0v) is 17.5. The molecule has 11 nitrogen and oxygen atoms in total. The minimum Gasteiger partial charge on any atom is -0.497 e. The van der Waals surface area contributed by atoms with Crippen molar-refractivity contribution in [3.05, 3.63) is 57.3 Å². The lowest BCUT2D eigenvalue weighted by atomic mass is 10.1. The van der Waals surface area contributed by atoms with Crippen molar-refractivity contribution in [3.8, 4) is 17.1 Å². The van der Waals surface area contributed by atoms with Gasteiger partial charge >= 0.3 is 0 Å². The lowest BCUT2D eigenvalue weighted by Gasteiger charge is -2.25. The van der Waals surface area contributed by atoms with Crippen molar-refractivity contribution in [2.75, 3.05) is 33.4 Å². The molecular formula is C19H20N6O5S. The zero-order valence-electron chi connectivity index (χ0n) is 16.7. The predicted molar refractivity (Wildman–Crippen MR) is 114 cm³/mol. The van der Waals surface area contributed by atoms with Crippen LogP contribution in [0, 0.1) is 14.9 Å². The van der Waals surface area contributed by atoms with E-state index in [1.807, 2.05) is 0 Å². The minimum absolute atomic E-state index is 0.108. The Morgan fingerprint density at radius 3 is 2.87 bits per heavy atom. The molecule has 0 N–H and O–H groups in total. The molecule has 0 aliphatic carbocycles. The first-order valence-electron chi connectivity index (χ1n) is 9.46. The summed E-state index contributed by atoms with van der Waals surface area (Å²) < 4.78 is 19.7. The first-order chi connectivity index (χ1) is 15.0. The van der Waals surface area contributed by atoms with Crippen LogP contribution in [-0.4, -0.2) is 63.9 Å². The average Bonchev–Trinajstić information content (AvgIpc) is 3.39. The van der Waals surface area contributed by atoms with E-state index in [0.717, 1.165) is 13.1 Å². The van der Waals surface area contributed by atoms with E-state index in [-0.39, 0.29) is 5.69 Å². The Hall–Kier alpha value is -3.35. The summed E-state index contributed by atoms with van der Waals surface area (Å²) in [4.78, 5) is 13.1. The van der Waals surface area contributed by atoms with E-state index in [0.29, 0.717) is 47.5 Å². The molecule has 4 rings (SSSR count). The van der Waals surface area contributed by atoms with Gasteiger partial charge in [-0.3, -0.25) is 15.0 Å². The Labute approximate surface area is 182 Å². The molecule has 0 unspecified atom stereocenters. The molecule has 3 heterocycles. The van der Waals surface area contributed by atoms with Gasteiger partial charge in [0.05, 0.1) is 49.8 Å². The van der Waals surface area contributed by atoms with Crippen LogP contribution in [0.15, 0.2) is 46.2 Å². The van der Waals surface area contributed by atoms with Gasteiger partial charge in [0, 0.05) is 13.1 Å². The highest BCUT2D eigenvalue weighted by Gasteiger charge is 2.19. The van der Waals surface area contributed by atoms with E-state index in [1.165, 1.54) is 30.4 Å². The molecule has 2 aromatic heterocycles. The van der Waals surface area contributed by atoms with Crippen LogP contribution in [0.4, 0.5) is 5.69 Å². The zero-order chi connectivity index (χ0) is 21.8. The number of nitrogens with zero attached hydrogens (tertiary/aromatic N) is 6. The van der Waals surface area contributed by atoms with Crippen molar-refractivity contribution >= 4 is 24.1 Å². The summed E-state index contributed by atoms with van der Waals surface area (Å²) in [6, 6.07) is 7.91. The molecule has 0 saturated carbocycles. The third-order valence-electron chi connectivity index (χ3n) is 4.76. The van der Waals surface area contributed by atoms with Gasteiger partial charge in [-0.25, -0.2) is 4.68 Å². The molecule has 0 amide bonds. The van der Waals surface area contributed by atoms with E-state index in [9.17, 15) is 10.1 Å². The quantitative estimate of drug-likeness (QED) is 0.237. The van der Waals surface area contributed by atoms with Gasteiger partial charge in [-0.05, 0) is 36.5 Å². The third-order valence-corrected chi connectivity index (χ3v) is 5.16. The van der Waals surface area contributed by atoms with Gasteiger partial charge in [-0.15, -0.1) is 0 Å². The maximum atomic E-state index is 11.4. The fraction of sp³-hybridized carbons (Fsp3) is 0.316. The number of rotatable bonds is 7. The molecule has 1 aliphatic heterocycles. The first kappa shape index (κ1) is 20.9. The highest BCUT2D eigenvalue weighted by atomic mass is 32.1. The van der Waals surface area contributed by atoms with Crippen molar-refractivity contribution in [2.45, 2.75) is 6.67 Å². The Bertz CT molecular complexity index is 1160. The Morgan fingerprint density at radius 1 is 1.32 bits per heavy atom. The van der Waals surface area contributed by atoms with Gasteiger partial charge in [0.2, 0.25) is 4.77 Å². The lowest BCUT2D eigenvalue weighted by Crippen LogP contribution is -2.37. The fourth-order valence-electron chi connectivity index (χ4n) is 3.12. The van der Waals surface area contributed by atoms with Crippen LogP contribution in [0.1, 0.15) is 5.76 Å². The van der Waals surface area contributed by atoms with E-state index < -0.39 is 4.92 Å². The molecule has 0 radical (unpaired) electrons. The fourth-order valence-corrected chi connectivity index (χ4v) is 3.32. The van der Waals surface area contributed by atoms with E-state index in [2.05, 4.69) is 15.1 Å². The molecule has 162 valence electrons. The van der Waals surface area contributed by atoms with Crippen LogP contribution in [0.25, 0.3) is 11.3 Å². The number of methoxy groups -OCH3 is 1. The van der Waals surface area contributed by atoms with Crippen LogP contribution in [0.2, 0.25) is 0 Å². The summed E-state index contributed by atoms with van der Waals surface area (Å²) in [5.41, 5.74) is 0.240. The normalized spacial score (nSPS) is 14.9. The molecule has 3 aromatic rings. The maximum Gasteiger partial charge on any atom is 0.284 e. The summed E-state index contributed by atoms with van der Waals surface area (Å²) in [5, 5.41) is 20.0. The van der Waals surface area contributed by atoms with E-state index >= 15 is 0 Å². The highest BCUT2D eigenvalue weighted by Crippen LogP contribution is 2.33. The summed E-state index contributed by atoms with van der Waals surface area (Å²) in [7, 11) is 1.45. The molecule has 0 atom stereocenters. The minimum atomic E-state index is -0.476. The van der Waals surface area contributed by atoms with Crippen molar-refractivity contribution in [2.24, 2.45) is 5.10 Å². The monoisotopic (exact) mass is 444 g/mol. The number of hydrogen-bond acceptors (Lipinski definition) is 9.